The molecular weight excluding hydrogens is 432 g/mol. The minimum absolute atomic E-state index is 0.0505. The van der Waals surface area contributed by atoms with Crippen molar-refractivity contribution in [1.82, 2.24) is 30.1 Å². The number of nitrogens with one attached hydrogen (secondary N) is 1. The number of fused-ring (bicyclic) bond motifs is 1. The highest BCUT2D eigenvalue weighted by molar-refractivity contribution is 5.80. The summed E-state index contributed by atoms with van der Waals surface area (Å²) in [5, 5.41) is 13.8. The Labute approximate surface area is 200 Å². The second-order valence-corrected chi connectivity index (χ2v) is 9.68. The number of aromatic nitrogens is 5. The van der Waals surface area contributed by atoms with Crippen LogP contribution in [0, 0.1) is 0 Å². The Morgan fingerprint density at radius 1 is 1.32 bits per heavy atom. The summed E-state index contributed by atoms with van der Waals surface area (Å²) in [6.45, 7) is 10.5. The van der Waals surface area contributed by atoms with E-state index in [4.69, 9.17) is 9.47 Å². The van der Waals surface area contributed by atoms with Crippen molar-refractivity contribution in [2.24, 2.45) is 0 Å². The maximum atomic E-state index is 13.0. The number of rotatable bonds is 10. The molecule has 1 aliphatic heterocycles. The molecule has 9 heteroatoms. The van der Waals surface area contributed by atoms with Gasteiger partial charge in [0, 0.05) is 36.2 Å². The van der Waals surface area contributed by atoms with Gasteiger partial charge in [0.1, 0.15) is 5.75 Å². The summed E-state index contributed by atoms with van der Waals surface area (Å²) in [7, 11) is 1.64. The van der Waals surface area contributed by atoms with Crippen LogP contribution in [0.4, 0.5) is 0 Å². The number of benzene rings is 1. The van der Waals surface area contributed by atoms with Gasteiger partial charge < -0.3 is 14.5 Å². The van der Waals surface area contributed by atoms with Crippen LogP contribution in [0.15, 0.2) is 29.1 Å². The Morgan fingerprint density at radius 2 is 2.15 bits per heavy atom. The van der Waals surface area contributed by atoms with Gasteiger partial charge in [0.2, 0.25) is 0 Å². The molecule has 0 saturated carbocycles. The van der Waals surface area contributed by atoms with E-state index in [0.29, 0.717) is 18.7 Å². The summed E-state index contributed by atoms with van der Waals surface area (Å²) in [6, 6.07) is 7.58. The molecule has 1 aliphatic rings. The van der Waals surface area contributed by atoms with Gasteiger partial charge in [-0.15, -0.1) is 5.10 Å². The minimum Gasteiger partial charge on any atom is -0.497 e. The van der Waals surface area contributed by atoms with Crippen molar-refractivity contribution in [2.75, 3.05) is 20.3 Å². The van der Waals surface area contributed by atoms with Crippen LogP contribution in [0.5, 0.6) is 5.75 Å². The average molecular weight is 469 g/mol. The van der Waals surface area contributed by atoms with Crippen LogP contribution in [-0.4, -0.2) is 56.5 Å². The molecule has 1 aromatic carbocycles. The van der Waals surface area contributed by atoms with E-state index in [2.05, 4.69) is 53.1 Å². The lowest BCUT2D eigenvalue weighted by Gasteiger charge is -2.34. The molecule has 0 spiro atoms. The molecule has 34 heavy (non-hydrogen) atoms. The van der Waals surface area contributed by atoms with Crippen LogP contribution in [0.25, 0.3) is 10.9 Å². The van der Waals surface area contributed by atoms with Gasteiger partial charge in [0.05, 0.1) is 24.8 Å². The third-order valence-electron chi connectivity index (χ3n) is 7.02. The van der Waals surface area contributed by atoms with Crippen molar-refractivity contribution in [3.8, 4) is 5.75 Å². The van der Waals surface area contributed by atoms with E-state index in [1.54, 1.807) is 7.11 Å². The van der Waals surface area contributed by atoms with Gasteiger partial charge in [-0.05, 0) is 74.2 Å². The van der Waals surface area contributed by atoms with Gasteiger partial charge in [-0.3, -0.25) is 9.69 Å². The molecule has 1 saturated heterocycles. The molecule has 4 rings (SSSR count). The number of hydrogen-bond donors (Lipinski definition) is 1. The third-order valence-corrected chi connectivity index (χ3v) is 7.02. The number of methoxy groups -OCH3 is 1. The van der Waals surface area contributed by atoms with Crippen LogP contribution >= 0.6 is 0 Å². The average Bonchev–Trinajstić information content (AvgIpc) is 3.52. The van der Waals surface area contributed by atoms with Crippen molar-refractivity contribution in [3.63, 3.8) is 0 Å². The first kappa shape index (κ1) is 24.3. The summed E-state index contributed by atoms with van der Waals surface area (Å²) < 4.78 is 13.3. The second kappa shape index (κ2) is 10.2. The van der Waals surface area contributed by atoms with Crippen LogP contribution in [-0.2, 0) is 16.8 Å². The van der Waals surface area contributed by atoms with E-state index in [1.807, 2.05) is 28.9 Å². The summed E-state index contributed by atoms with van der Waals surface area (Å²) >= 11 is 0. The van der Waals surface area contributed by atoms with E-state index in [9.17, 15) is 4.79 Å². The Morgan fingerprint density at radius 3 is 2.82 bits per heavy atom. The number of aromatic amines is 1. The van der Waals surface area contributed by atoms with Crippen LogP contribution in [0.2, 0.25) is 0 Å². The van der Waals surface area contributed by atoms with E-state index < -0.39 is 0 Å². The molecule has 0 unspecified atom stereocenters. The quantitative estimate of drug-likeness (QED) is 0.483. The van der Waals surface area contributed by atoms with Gasteiger partial charge in [0.15, 0.2) is 5.82 Å². The molecule has 0 aliphatic carbocycles. The monoisotopic (exact) mass is 468 g/mol. The van der Waals surface area contributed by atoms with Gasteiger partial charge in [0.25, 0.3) is 5.56 Å². The summed E-state index contributed by atoms with van der Waals surface area (Å²) in [5.41, 5.74) is 1.20. The van der Waals surface area contributed by atoms with Gasteiger partial charge in [-0.1, -0.05) is 13.8 Å². The van der Waals surface area contributed by atoms with E-state index >= 15 is 0 Å². The van der Waals surface area contributed by atoms with Crippen LogP contribution in [0.1, 0.15) is 70.8 Å². The number of pyridine rings is 1. The van der Waals surface area contributed by atoms with Crippen molar-refractivity contribution in [2.45, 2.75) is 77.6 Å². The lowest BCUT2D eigenvalue weighted by Crippen LogP contribution is -2.39. The zero-order valence-electron chi connectivity index (χ0n) is 20.9. The molecule has 184 valence electrons. The fraction of sp³-hybridized carbons (Fsp3) is 0.600. The Balaban J connectivity index is 1.72. The zero-order chi connectivity index (χ0) is 24.3. The third kappa shape index (κ3) is 5.00. The zero-order valence-corrected chi connectivity index (χ0v) is 20.9. The lowest BCUT2D eigenvalue weighted by molar-refractivity contribution is 0.0475. The normalized spacial score (nSPS) is 17.5. The molecule has 1 fully saturated rings. The summed E-state index contributed by atoms with van der Waals surface area (Å²) in [4.78, 5) is 18.4. The first-order chi connectivity index (χ1) is 16.4. The first-order valence-electron chi connectivity index (χ1n) is 12.2. The van der Waals surface area contributed by atoms with Crippen molar-refractivity contribution >= 4 is 10.9 Å². The highest BCUT2D eigenvalue weighted by Crippen LogP contribution is 2.30. The molecule has 2 atom stereocenters. The fourth-order valence-corrected chi connectivity index (χ4v) is 4.63. The number of ether oxygens (including phenoxy) is 2. The van der Waals surface area contributed by atoms with Crippen LogP contribution < -0.4 is 10.3 Å². The lowest BCUT2D eigenvalue weighted by atomic mass is 10.0. The predicted octanol–water partition coefficient (Wildman–Crippen LogP) is 3.80. The molecule has 3 aromatic rings. The maximum Gasteiger partial charge on any atom is 0.252 e. The van der Waals surface area contributed by atoms with E-state index in [1.165, 1.54) is 0 Å². The SMILES string of the molecule is CC[C@@H](c1nnnn1C(C)(C)CC)N(Cc1cc2cc(OC)ccc2[nH]c1=O)C[C@H]1CCCO1. The molecule has 0 bridgehead atoms. The number of tetrazole rings is 1. The smallest absolute Gasteiger partial charge is 0.252 e. The van der Waals surface area contributed by atoms with Crippen molar-refractivity contribution in [3.05, 3.63) is 46.0 Å². The molecule has 1 N–H and O–H groups in total. The molecule has 0 amide bonds. The molecular formula is C25H36N6O3. The second-order valence-electron chi connectivity index (χ2n) is 9.68. The fourth-order valence-electron chi connectivity index (χ4n) is 4.63. The van der Waals surface area contributed by atoms with Crippen molar-refractivity contribution < 1.29 is 9.47 Å². The molecule has 3 heterocycles. The predicted molar refractivity (Wildman–Crippen MR) is 131 cm³/mol. The molecule has 0 radical (unpaired) electrons. The van der Waals surface area contributed by atoms with E-state index in [-0.39, 0.29) is 23.2 Å². The minimum atomic E-state index is -0.210. The van der Waals surface area contributed by atoms with Gasteiger partial charge in [-0.2, -0.15) is 0 Å². The molecule has 9 nitrogen and oxygen atoms in total. The van der Waals surface area contributed by atoms with Crippen LogP contribution in [0.3, 0.4) is 0 Å². The topological polar surface area (TPSA) is 98.2 Å². The molecule has 2 aromatic heterocycles. The van der Waals surface area contributed by atoms with Gasteiger partial charge in [-0.25, -0.2) is 4.68 Å². The largest absolute Gasteiger partial charge is 0.497 e. The number of nitrogens with zero attached hydrogens (tertiary/aromatic N) is 5. The summed E-state index contributed by atoms with van der Waals surface area (Å²) in [5.74, 6) is 1.58. The van der Waals surface area contributed by atoms with E-state index in [0.717, 1.165) is 54.8 Å². The first-order valence-corrected chi connectivity index (χ1v) is 12.2. The van der Waals surface area contributed by atoms with Gasteiger partial charge >= 0.3 is 0 Å². The highest BCUT2D eigenvalue weighted by atomic mass is 16.5. The Bertz CT molecular complexity index is 1160. The highest BCUT2D eigenvalue weighted by Gasteiger charge is 2.32. The Hall–Kier alpha value is -2.78. The Kier molecular flexibility index (Phi) is 7.33. The van der Waals surface area contributed by atoms with Crippen molar-refractivity contribution in [1.29, 1.82) is 0 Å². The maximum absolute atomic E-state index is 13.0. The standard InChI is InChI=1S/C25H36N6O3/c1-6-22(23-27-28-29-31(23)25(3,4)7-2)30(16-20-9-8-12-34-20)15-18-13-17-14-19(33-5)10-11-21(17)26-24(18)32/h10-11,13-14,20,22H,6-9,12,15-16H2,1-5H3,(H,26,32)/t20-,22+/m1/s1. The number of hydrogen-bond acceptors (Lipinski definition) is 7. The summed E-state index contributed by atoms with van der Waals surface area (Å²) in [6.07, 6.45) is 3.93. The number of H-pyrrole nitrogens is 1.